The van der Waals surface area contributed by atoms with Crippen LogP contribution < -0.4 is 0 Å². The Balaban J connectivity index is 2.60. The minimum Gasteiger partial charge on any atom is -0.414 e. The van der Waals surface area contributed by atoms with Crippen molar-refractivity contribution in [3.63, 3.8) is 0 Å². The number of hydrogen-bond acceptors (Lipinski definition) is 1. The van der Waals surface area contributed by atoms with Gasteiger partial charge < -0.3 is 4.43 Å². The third-order valence-corrected chi connectivity index (χ3v) is 8.61. The SMILES string of the molecule is C=C1CC(O[Si](C)(C)C(C)(C)C)CC1C. The molecule has 0 aromatic rings. The predicted molar refractivity (Wildman–Crippen MR) is 69.6 cm³/mol. The lowest BCUT2D eigenvalue weighted by Gasteiger charge is -2.38. The zero-order chi connectivity index (χ0) is 11.9. The van der Waals surface area contributed by atoms with Gasteiger partial charge in [0.2, 0.25) is 0 Å². The first-order chi connectivity index (χ1) is 6.63. The van der Waals surface area contributed by atoms with Crippen LogP contribution in [0.15, 0.2) is 12.2 Å². The molecule has 88 valence electrons. The Morgan fingerprint density at radius 1 is 1.33 bits per heavy atom. The van der Waals surface area contributed by atoms with Gasteiger partial charge in [0.25, 0.3) is 0 Å². The Labute approximate surface area is 96.0 Å². The molecule has 1 fully saturated rings. The molecule has 0 amide bonds. The highest BCUT2D eigenvalue weighted by molar-refractivity contribution is 6.74. The molecule has 2 heteroatoms. The molecule has 0 saturated heterocycles. The van der Waals surface area contributed by atoms with Gasteiger partial charge >= 0.3 is 0 Å². The van der Waals surface area contributed by atoms with Crippen LogP contribution in [0.2, 0.25) is 18.1 Å². The average Bonchev–Trinajstić information content (AvgIpc) is 2.27. The summed E-state index contributed by atoms with van der Waals surface area (Å²) in [4.78, 5) is 0. The summed E-state index contributed by atoms with van der Waals surface area (Å²) in [5.74, 6) is 0.653. The Kier molecular flexibility index (Phi) is 3.51. The Hall–Kier alpha value is -0.0831. The largest absolute Gasteiger partial charge is 0.414 e. The first-order valence-corrected chi connectivity index (χ1v) is 8.90. The summed E-state index contributed by atoms with van der Waals surface area (Å²) in [7, 11) is -1.57. The van der Waals surface area contributed by atoms with Crippen molar-refractivity contribution in [1.82, 2.24) is 0 Å². The van der Waals surface area contributed by atoms with Crippen molar-refractivity contribution < 1.29 is 4.43 Å². The van der Waals surface area contributed by atoms with Crippen LogP contribution in [0.1, 0.15) is 40.5 Å². The van der Waals surface area contributed by atoms with Crippen molar-refractivity contribution in [2.24, 2.45) is 5.92 Å². The van der Waals surface area contributed by atoms with E-state index in [0.717, 1.165) is 6.42 Å². The second kappa shape index (κ2) is 4.06. The van der Waals surface area contributed by atoms with Crippen molar-refractivity contribution in [2.45, 2.75) is 64.8 Å². The van der Waals surface area contributed by atoms with Crippen LogP contribution in [-0.2, 0) is 4.43 Å². The smallest absolute Gasteiger partial charge is 0.192 e. The standard InChI is InChI=1S/C13H26OSi/c1-10-8-12(9-11(10)2)14-15(6,7)13(3,4)5/h11-12H,1,8-9H2,2-7H3. The summed E-state index contributed by atoms with van der Waals surface area (Å²) in [5, 5.41) is 0.320. The molecule has 0 radical (unpaired) electrons. The Morgan fingerprint density at radius 2 is 1.87 bits per heavy atom. The van der Waals surface area contributed by atoms with Crippen molar-refractivity contribution in [1.29, 1.82) is 0 Å². The van der Waals surface area contributed by atoms with Crippen LogP contribution in [0.25, 0.3) is 0 Å². The van der Waals surface area contributed by atoms with E-state index in [1.165, 1.54) is 12.0 Å². The molecule has 0 spiro atoms. The van der Waals surface area contributed by atoms with Gasteiger partial charge in [-0.15, -0.1) is 0 Å². The van der Waals surface area contributed by atoms with E-state index in [2.05, 4.69) is 47.4 Å². The van der Waals surface area contributed by atoms with Gasteiger partial charge in [-0.1, -0.05) is 39.8 Å². The average molecular weight is 226 g/mol. The first-order valence-electron chi connectivity index (χ1n) is 5.99. The van der Waals surface area contributed by atoms with E-state index in [9.17, 15) is 0 Å². The zero-order valence-electron chi connectivity index (χ0n) is 11.2. The third kappa shape index (κ3) is 2.94. The van der Waals surface area contributed by atoms with Gasteiger partial charge in [0, 0.05) is 6.10 Å². The lowest BCUT2D eigenvalue weighted by atomic mass is 10.1. The van der Waals surface area contributed by atoms with Crippen molar-refractivity contribution in [3.05, 3.63) is 12.2 Å². The molecule has 2 unspecified atom stereocenters. The maximum absolute atomic E-state index is 6.38. The normalized spacial score (nSPS) is 28.5. The highest BCUT2D eigenvalue weighted by Crippen LogP contribution is 2.41. The molecule has 1 nitrogen and oxygen atoms in total. The van der Waals surface area contributed by atoms with Gasteiger partial charge in [-0.3, -0.25) is 0 Å². The van der Waals surface area contributed by atoms with E-state index >= 15 is 0 Å². The fourth-order valence-electron chi connectivity index (χ4n) is 1.82. The van der Waals surface area contributed by atoms with E-state index in [1.807, 2.05) is 0 Å². The van der Waals surface area contributed by atoms with Crippen LogP contribution >= 0.6 is 0 Å². The molecule has 1 saturated carbocycles. The Bertz CT molecular complexity index is 250. The van der Waals surface area contributed by atoms with Crippen LogP contribution in [0.3, 0.4) is 0 Å². The van der Waals surface area contributed by atoms with Gasteiger partial charge in [-0.05, 0) is 36.9 Å². The van der Waals surface area contributed by atoms with Gasteiger partial charge in [0.1, 0.15) is 0 Å². The van der Waals surface area contributed by atoms with E-state index in [1.54, 1.807) is 0 Å². The first kappa shape index (κ1) is 13.0. The maximum Gasteiger partial charge on any atom is 0.192 e. The molecule has 1 aliphatic rings. The van der Waals surface area contributed by atoms with Crippen molar-refractivity contribution >= 4 is 8.32 Å². The molecule has 1 rings (SSSR count). The van der Waals surface area contributed by atoms with Crippen LogP contribution in [0, 0.1) is 5.92 Å². The van der Waals surface area contributed by atoms with E-state index in [4.69, 9.17) is 4.43 Å². The fraction of sp³-hybridized carbons (Fsp3) is 0.846. The molecular weight excluding hydrogens is 200 g/mol. The summed E-state index contributed by atoms with van der Waals surface area (Å²) < 4.78 is 6.38. The highest BCUT2D eigenvalue weighted by Gasteiger charge is 2.40. The van der Waals surface area contributed by atoms with Crippen LogP contribution in [0.5, 0.6) is 0 Å². The predicted octanol–water partition coefficient (Wildman–Crippen LogP) is 4.36. The monoisotopic (exact) mass is 226 g/mol. The summed E-state index contributed by atoms with van der Waals surface area (Å²) in [5.41, 5.74) is 1.37. The molecule has 0 bridgehead atoms. The van der Waals surface area contributed by atoms with E-state index in [-0.39, 0.29) is 0 Å². The zero-order valence-corrected chi connectivity index (χ0v) is 12.2. The van der Waals surface area contributed by atoms with Crippen molar-refractivity contribution in [2.75, 3.05) is 0 Å². The topological polar surface area (TPSA) is 9.23 Å². The minimum absolute atomic E-state index is 0.320. The Morgan fingerprint density at radius 3 is 2.20 bits per heavy atom. The maximum atomic E-state index is 6.38. The molecule has 2 atom stereocenters. The lowest BCUT2D eigenvalue weighted by molar-refractivity contribution is 0.185. The van der Waals surface area contributed by atoms with E-state index < -0.39 is 8.32 Å². The molecule has 15 heavy (non-hydrogen) atoms. The number of hydrogen-bond donors (Lipinski definition) is 0. The second-order valence-corrected chi connectivity index (χ2v) is 11.3. The quantitative estimate of drug-likeness (QED) is 0.502. The minimum atomic E-state index is -1.57. The third-order valence-electron chi connectivity index (χ3n) is 4.07. The summed E-state index contributed by atoms with van der Waals surface area (Å²) >= 11 is 0. The van der Waals surface area contributed by atoms with Crippen molar-refractivity contribution in [3.8, 4) is 0 Å². The second-order valence-electron chi connectivity index (χ2n) is 6.50. The molecule has 0 aliphatic heterocycles. The summed E-state index contributed by atoms with van der Waals surface area (Å²) in [6.45, 7) is 17.9. The molecule has 0 N–H and O–H groups in total. The fourth-order valence-corrected chi connectivity index (χ4v) is 3.19. The highest BCUT2D eigenvalue weighted by atomic mass is 28.4. The molecule has 0 aromatic heterocycles. The molecular formula is C13H26OSi. The molecule has 1 aliphatic carbocycles. The molecule has 0 heterocycles. The lowest BCUT2D eigenvalue weighted by Crippen LogP contribution is -2.43. The van der Waals surface area contributed by atoms with Gasteiger partial charge in [-0.2, -0.15) is 0 Å². The van der Waals surface area contributed by atoms with Gasteiger partial charge in [-0.25, -0.2) is 0 Å². The van der Waals surface area contributed by atoms with Gasteiger partial charge in [0.15, 0.2) is 8.32 Å². The van der Waals surface area contributed by atoms with E-state index in [0.29, 0.717) is 17.1 Å². The molecule has 0 aromatic carbocycles. The summed E-state index contributed by atoms with van der Waals surface area (Å²) in [6.07, 6.45) is 2.69. The van der Waals surface area contributed by atoms with Crippen LogP contribution in [-0.4, -0.2) is 14.4 Å². The van der Waals surface area contributed by atoms with Gasteiger partial charge in [0.05, 0.1) is 0 Å². The summed E-state index contributed by atoms with van der Waals surface area (Å²) in [6, 6.07) is 0. The van der Waals surface area contributed by atoms with Crippen LogP contribution in [0.4, 0.5) is 0 Å². The number of rotatable bonds is 2.